The molecule has 3 aliphatic rings. The number of amides is 1. The number of halogens is 3. The molecule has 0 bridgehead atoms. The number of benzene rings is 1. The fourth-order valence-electron chi connectivity index (χ4n) is 5.13. The Balaban J connectivity index is 1.35. The SMILES string of the molecule is O=C(COc1cccc(C(F)(F)F)c1)NC1CCC2(CCCO2)CC1N1CCCC1. The summed E-state index contributed by atoms with van der Waals surface area (Å²) >= 11 is 0. The number of nitrogens with zero attached hydrogens (tertiary/aromatic N) is 1. The molecule has 1 aromatic rings. The van der Waals surface area contributed by atoms with Crippen molar-refractivity contribution in [3.63, 3.8) is 0 Å². The molecule has 1 aliphatic carbocycles. The third kappa shape index (κ3) is 4.91. The Bertz CT molecular complexity index is 743. The molecule has 3 unspecified atom stereocenters. The number of carbonyl (C=O) groups excluding carboxylic acids is 1. The molecule has 2 saturated heterocycles. The molecule has 3 atom stereocenters. The van der Waals surface area contributed by atoms with Gasteiger partial charge in [-0.1, -0.05) is 6.07 Å². The Hall–Kier alpha value is -1.80. The van der Waals surface area contributed by atoms with Gasteiger partial charge in [-0.15, -0.1) is 0 Å². The summed E-state index contributed by atoms with van der Waals surface area (Å²) in [6.45, 7) is 2.59. The first-order valence-electron chi connectivity index (χ1n) is 10.8. The second kappa shape index (κ2) is 8.75. The lowest BCUT2D eigenvalue weighted by atomic mass is 9.76. The summed E-state index contributed by atoms with van der Waals surface area (Å²) in [6.07, 6.45) is 2.77. The van der Waals surface area contributed by atoms with E-state index in [1.165, 1.54) is 25.0 Å². The number of ether oxygens (including phenoxy) is 2. The Kier molecular flexibility index (Phi) is 6.25. The highest BCUT2D eigenvalue weighted by molar-refractivity contribution is 5.78. The van der Waals surface area contributed by atoms with Gasteiger partial charge in [-0.05, 0) is 76.2 Å². The highest BCUT2D eigenvalue weighted by Gasteiger charge is 2.46. The van der Waals surface area contributed by atoms with Crippen LogP contribution in [-0.4, -0.2) is 54.8 Å². The topological polar surface area (TPSA) is 50.8 Å². The van der Waals surface area contributed by atoms with Crippen molar-refractivity contribution in [1.29, 1.82) is 0 Å². The minimum atomic E-state index is -4.44. The number of hydrogen-bond acceptors (Lipinski definition) is 4. The summed E-state index contributed by atoms with van der Waals surface area (Å²) in [5, 5.41) is 3.08. The van der Waals surface area contributed by atoms with Crippen LogP contribution in [0.2, 0.25) is 0 Å². The van der Waals surface area contributed by atoms with Gasteiger partial charge in [-0.3, -0.25) is 9.69 Å². The van der Waals surface area contributed by atoms with Crippen LogP contribution >= 0.6 is 0 Å². The fraction of sp³-hybridized carbons (Fsp3) is 0.682. The first-order chi connectivity index (χ1) is 14.3. The molecular weight excluding hydrogens is 397 g/mol. The third-order valence-electron chi connectivity index (χ3n) is 6.63. The maximum Gasteiger partial charge on any atom is 0.416 e. The van der Waals surface area contributed by atoms with Crippen LogP contribution in [0.25, 0.3) is 0 Å². The van der Waals surface area contributed by atoms with Crippen molar-refractivity contribution in [3.8, 4) is 5.75 Å². The summed E-state index contributed by atoms with van der Waals surface area (Å²) in [4.78, 5) is 15.0. The summed E-state index contributed by atoms with van der Waals surface area (Å²) < 4.78 is 50.0. The Morgan fingerprint density at radius 3 is 2.73 bits per heavy atom. The molecule has 1 N–H and O–H groups in total. The summed E-state index contributed by atoms with van der Waals surface area (Å²) in [6, 6.07) is 4.85. The van der Waals surface area contributed by atoms with E-state index in [1.54, 1.807) is 0 Å². The highest BCUT2D eigenvalue weighted by Crippen LogP contribution is 2.41. The molecule has 1 spiro atoms. The zero-order chi connectivity index (χ0) is 21.2. The first-order valence-corrected chi connectivity index (χ1v) is 10.8. The fourth-order valence-corrected chi connectivity index (χ4v) is 5.13. The first kappa shape index (κ1) is 21.4. The molecule has 0 aromatic heterocycles. The van der Waals surface area contributed by atoms with E-state index in [1.807, 2.05) is 0 Å². The van der Waals surface area contributed by atoms with E-state index < -0.39 is 11.7 Å². The highest BCUT2D eigenvalue weighted by atomic mass is 19.4. The molecule has 1 amide bonds. The molecule has 1 saturated carbocycles. The monoisotopic (exact) mass is 426 g/mol. The van der Waals surface area contributed by atoms with E-state index in [4.69, 9.17) is 9.47 Å². The van der Waals surface area contributed by atoms with Gasteiger partial charge in [-0.25, -0.2) is 0 Å². The molecule has 3 fully saturated rings. The van der Waals surface area contributed by atoms with Crippen LogP contribution in [0.15, 0.2) is 24.3 Å². The molecular formula is C22H29F3N2O3. The van der Waals surface area contributed by atoms with Crippen molar-refractivity contribution in [2.24, 2.45) is 0 Å². The van der Waals surface area contributed by atoms with E-state index in [0.717, 1.165) is 63.9 Å². The summed E-state index contributed by atoms with van der Waals surface area (Å²) in [7, 11) is 0. The molecule has 2 aliphatic heterocycles. The van der Waals surface area contributed by atoms with Gasteiger partial charge < -0.3 is 14.8 Å². The summed E-state index contributed by atoms with van der Waals surface area (Å²) in [5.74, 6) is -0.261. The van der Waals surface area contributed by atoms with Crippen LogP contribution in [0.3, 0.4) is 0 Å². The smallest absolute Gasteiger partial charge is 0.416 e. The minimum absolute atomic E-state index is 0.00975. The van der Waals surface area contributed by atoms with E-state index >= 15 is 0 Å². The number of alkyl halides is 3. The molecule has 166 valence electrons. The number of carbonyl (C=O) groups is 1. The van der Waals surface area contributed by atoms with Gasteiger partial charge in [0.05, 0.1) is 11.2 Å². The molecule has 2 heterocycles. The third-order valence-corrected chi connectivity index (χ3v) is 6.63. The van der Waals surface area contributed by atoms with Gasteiger partial charge in [0.25, 0.3) is 5.91 Å². The number of likely N-dealkylation sites (tertiary alicyclic amines) is 1. The van der Waals surface area contributed by atoms with Gasteiger partial charge in [0.15, 0.2) is 6.61 Å². The Labute approximate surface area is 174 Å². The van der Waals surface area contributed by atoms with Gasteiger partial charge in [0.1, 0.15) is 5.75 Å². The maximum absolute atomic E-state index is 12.8. The Morgan fingerprint density at radius 2 is 2.03 bits per heavy atom. The average Bonchev–Trinajstić information content (AvgIpc) is 3.40. The molecule has 5 nitrogen and oxygen atoms in total. The van der Waals surface area contributed by atoms with Crippen molar-refractivity contribution >= 4 is 5.91 Å². The molecule has 4 rings (SSSR count). The largest absolute Gasteiger partial charge is 0.484 e. The zero-order valence-corrected chi connectivity index (χ0v) is 17.0. The van der Waals surface area contributed by atoms with Gasteiger partial charge in [-0.2, -0.15) is 13.2 Å². The second-order valence-corrected chi connectivity index (χ2v) is 8.68. The quantitative estimate of drug-likeness (QED) is 0.779. The average molecular weight is 426 g/mol. The lowest BCUT2D eigenvalue weighted by Gasteiger charge is -2.45. The normalized spacial score (nSPS) is 30.0. The lowest BCUT2D eigenvalue weighted by molar-refractivity contribution is -0.137. The van der Waals surface area contributed by atoms with Crippen LogP contribution in [0.1, 0.15) is 50.5 Å². The van der Waals surface area contributed by atoms with E-state index in [0.29, 0.717) is 0 Å². The Morgan fingerprint density at radius 1 is 1.23 bits per heavy atom. The van der Waals surface area contributed by atoms with E-state index in [-0.39, 0.29) is 35.9 Å². The van der Waals surface area contributed by atoms with Gasteiger partial charge in [0.2, 0.25) is 0 Å². The van der Waals surface area contributed by atoms with Crippen molar-refractivity contribution in [1.82, 2.24) is 10.2 Å². The maximum atomic E-state index is 12.8. The molecule has 8 heteroatoms. The van der Waals surface area contributed by atoms with E-state index in [9.17, 15) is 18.0 Å². The van der Waals surface area contributed by atoms with Gasteiger partial charge in [0, 0.05) is 18.7 Å². The minimum Gasteiger partial charge on any atom is -0.484 e. The molecule has 0 radical (unpaired) electrons. The van der Waals surface area contributed by atoms with Crippen LogP contribution in [0.4, 0.5) is 13.2 Å². The predicted octanol–water partition coefficient (Wildman–Crippen LogP) is 3.77. The zero-order valence-electron chi connectivity index (χ0n) is 17.0. The van der Waals surface area contributed by atoms with Crippen molar-refractivity contribution < 1.29 is 27.4 Å². The number of nitrogens with one attached hydrogen (secondary N) is 1. The number of rotatable bonds is 5. The van der Waals surface area contributed by atoms with Crippen molar-refractivity contribution in [2.45, 2.75) is 68.8 Å². The number of hydrogen-bond donors (Lipinski definition) is 1. The summed E-state index contributed by atoms with van der Waals surface area (Å²) in [5.41, 5.74) is -0.841. The predicted molar refractivity (Wildman–Crippen MR) is 105 cm³/mol. The molecule has 30 heavy (non-hydrogen) atoms. The van der Waals surface area contributed by atoms with Crippen LogP contribution in [-0.2, 0) is 15.7 Å². The molecule has 1 aromatic carbocycles. The van der Waals surface area contributed by atoms with E-state index in [2.05, 4.69) is 10.2 Å². The van der Waals surface area contributed by atoms with Crippen LogP contribution < -0.4 is 10.1 Å². The lowest BCUT2D eigenvalue weighted by Crippen LogP contribution is -2.58. The van der Waals surface area contributed by atoms with Crippen molar-refractivity contribution in [3.05, 3.63) is 29.8 Å². The van der Waals surface area contributed by atoms with Crippen molar-refractivity contribution in [2.75, 3.05) is 26.3 Å². The van der Waals surface area contributed by atoms with Crippen LogP contribution in [0.5, 0.6) is 5.75 Å². The standard InChI is InChI=1S/C22H29F3N2O3/c23-22(24,25)16-5-3-6-17(13-16)29-15-20(28)26-18-7-9-21(8-4-12-30-21)14-19(18)27-10-1-2-11-27/h3,5-6,13,18-19H,1-2,4,7-12,14-15H2,(H,26,28). The second-order valence-electron chi connectivity index (χ2n) is 8.68. The van der Waals surface area contributed by atoms with Gasteiger partial charge >= 0.3 is 6.18 Å². The van der Waals surface area contributed by atoms with Crippen LogP contribution in [0, 0.1) is 0 Å².